The summed E-state index contributed by atoms with van der Waals surface area (Å²) in [5.74, 6) is -5.24. The van der Waals surface area contributed by atoms with Crippen LogP contribution in [-0.4, -0.2) is 22.8 Å². The molecule has 0 fully saturated rings. The van der Waals surface area contributed by atoms with Gasteiger partial charge in [-0.25, -0.2) is 0 Å². The van der Waals surface area contributed by atoms with Gasteiger partial charge < -0.3 is 18.6 Å². The number of ether oxygens (including phenoxy) is 3. The van der Waals surface area contributed by atoms with Crippen molar-refractivity contribution in [3.63, 3.8) is 0 Å². The lowest BCUT2D eigenvalue weighted by Crippen LogP contribution is -2.15. The number of rotatable bonds is 5. The van der Waals surface area contributed by atoms with Gasteiger partial charge in [-0.05, 0) is 0 Å². The van der Waals surface area contributed by atoms with Crippen LogP contribution in [0.5, 0.6) is 17.2 Å². The van der Waals surface area contributed by atoms with Gasteiger partial charge in [-0.15, -0.1) is 0 Å². The summed E-state index contributed by atoms with van der Waals surface area (Å²) in [5.41, 5.74) is -2.00. The number of hydrogen-bond donors (Lipinski definition) is 0. The molecule has 0 bridgehead atoms. The fourth-order valence-electron chi connectivity index (χ4n) is 2.93. The first-order chi connectivity index (χ1) is 15.1. The summed E-state index contributed by atoms with van der Waals surface area (Å²) in [6.07, 6.45) is 0. The fraction of sp³-hybridized carbons (Fsp3) is 0.143. The maximum Gasteiger partial charge on any atom is 0.358 e. The zero-order valence-corrected chi connectivity index (χ0v) is 17.0. The smallest absolute Gasteiger partial charge is 0.358 e. The molecular weight excluding hydrogens is 426 g/mol. The van der Waals surface area contributed by atoms with E-state index in [1.165, 1.54) is 0 Å². The quantitative estimate of drug-likeness (QED) is 0.250. The lowest BCUT2D eigenvalue weighted by atomic mass is 10.1. The van der Waals surface area contributed by atoms with E-state index in [4.69, 9.17) is 18.6 Å². The zero-order valence-electron chi connectivity index (χ0n) is 17.0. The molecule has 3 aromatic rings. The highest BCUT2D eigenvalue weighted by Gasteiger charge is 2.36. The van der Waals surface area contributed by atoms with Crippen molar-refractivity contribution in [1.82, 2.24) is 0 Å². The molecule has 0 saturated heterocycles. The molecule has 2 aromatic carbocycles. The molecule has 0 radical (unpaired) electrons. The van der Waals surface area contributed by atoms with Crippen molar-refractivity contribution in [3.8, 4) is 28.6 Å². The van der Waals surface area contributed by atoms with Gasteiger partial charge in [0.25, 0.3) is 5.75 Å². The van der Waals surface area contributed by atoms with E-state index < -0.39 is 62.2 Å². The third-order valence-electron chi connectivity index (χ3n) is 4.00. The third kappa shape index (κ3) is 4.31. The minimum absolute atomic E-state index is 0.0333. The Balaban J connectivity index is 2.57. The first kappa shape index (κ1) is 22.2. The number of esters is 3. The zero-order chi connectivity index (χ0) is 23.6. The van der Waals surface area contributed by atoms with Crippen molar-refractivity contribution < 1.29 is 37.9 Å². The average molecular weight is 441 g/mol. The molecule has 1 aromatic heterocycles. The largest absolute Gasteiger partial charge is 0.448 e. The predicted molar refractivity (Wildman–Crippen MR) is 109 cm³/mol. The van der Waals surface area contributed by atoms with E-state index in [9.17, 15) is 29.3 Å². The van der Waals surface area contributed by atoms with Gasteiger partial charge in [-0.3, -0.25) is 29.3 Å². The molecule has 0 saturated carbocycles. The second-order valence-corrected chi connectivity index (χ2v) is 6.42. The highest BCUT2D eigenvalue weighted by molar-refractivity contribution is 6.00. The van der Waals surface area contributed by atoms with Crippen molar-refractivity contribution in [1.29, 1.82) is 0 Å². The Kier molecular flexibility index (Phi) is 6.01. The summed E-state index contributed by atoms with van der Waals surface area (Å²) >= 11 is 0. The number of nitrogens with zero attached hydrogens (tertiary/aromatic N) is 1. The SMILES string of the molecule is CC(=O)Oc1c(OC(C)=O)c(OC(C)=O)c2c(=O)cc(-c3ccccc3)oc2c1[N+](=O)[O-]. The van der Waals surface area contributed by atoms with Crippen LogP contribution in [0.4, 0.5) is 5.69 Å². The highest BCUT2D eigenvalue weighted by atomic mass is 16.6. The van der Waals surface area contributed by atoms with Crippen LogP contribution in [0, 0.1) is 10.1 Å². The number of nitro benzene ring substituents is 1. The van der Waals surface area contributed by atoms with E-state index in [0.717, 1.165) is 26.8 Å². The third-order valence-corrected chi connectivity index (χ3v) is 4.00. The van der Waals surface area contributed by atoms with Crippen LogP contribution in [-0.2, 0) is 14.4 Å². The molecule has 11 nitrogen and oxygen atoms in total. The molecule has 32 heavy (non-hydrogen) atoms. The second kappa shape index (κ2) is 8.68. The number of fused-ring (bicyclic) bond motifs is 1. The summed E-state index contributed by atoms with van der Waals surface area (Å²) in [6, 6.07) is 9.27. The molecule has 0 N–H and O–H groups in total. The topological polar surface area (TPSA) is 152 Å². The van der Waals surface area contributed by atoms with E-state index >= 15 is 0 Å². The molecule has 0 spiro atoms. The fourth-order valence-corrected chi connectivity index (χ4v) is 2.93. The molecule has 0 unspecified atom stereocenters. The summed E-state index contributed by atoms with van der Waals surface area (Å²) in [5, 5.41) is 11.4. The molecule has 1 heterocycles. The van der Waals surface area contributed by atoms with E-state index in [2.05, 4.69) is 0 Å². The molecule has 3 rings (SSSR count). The Morgan fingerprint density at radius 1 is 0.875 bits per heavy atom. The summed E-state index contributed by atoms with van der Waals surface area (Å²) in [7, 11) is 0. The summed E-state index contributed by atoms with van der Waals surface area (Å²) in [4.78, 5) is 59.0. The number of nitro groups is 1. The maximum absolute atomic E-state index is 13.0. The van der Waals surface area contributed by atoms with Crippen molar-refractivity contribution in [3.05, 3.63) is 56.7 Å². The molecular formula is C21H15NO10. The Labute approximate surface area is 179 Å². The van der Waals surface area contributed by atoms with Crippen LogP contribution < -0.4 is 19.6 Å². The van der Waals surface area contributed by atoms with E-state index in [1.807, 2.05) is 0 Å². The van der Waals surface area contributed by atoms with Crippen LogP contribution >= 0.6 is 0 Å². The monoisotopic (exact) mass is 441 g/mol. The number of hydrogen-bond acceptors (Lipinski definition) is 10. The summed E-state index contributed by atoms with van der Waals surface area (Å²) < 4.78 is 20.6. The van der Waals surface area contributed by atoms with Crippen molar-refractivity contribution >= 4 is 34.6 Å². The molecule has 164 valence electrons. The van der Waals surface area contributed by atoms with Crippen LogP contribution in [0.25, 0.3) is 22.3 Å². The van der Waals surface area contributed by atoms with Gasteiger partial charge in [-0.2, -0.15) is 0 Å². The van der Waals surface area contributed by atoms with Crippen LogP contribution in [0.3, 0.4) is 0 Å². The van der Waals surface area contributed by atoms with E-state index in [0.29, 0.717) is 5.56 Å². The molecule has 0 aliphatic heterocycles. The second-order valence-electron chi connectivity index (χ2n) is 6.42. The van der Waals surface area contributed by atoms with Crippen LogP contribution in [0.2, 0.25) is 0 Å². The Bertz CT molecular complexity index is 1320. The van der Waals surface area contributed by atoms with Gasteiger partial charge in [0.15, 0.2) is 11.2 Å². The molecule has 0 aliphatic rings. The number of carbonyl (C=O) groups is 3. The lowest BCUT2D eigenvalue weighted by Gasteiger charge is -2.15. The standard InChI is InChI=1S/C21H15NO10/c1-10(23)29-19-16-14(26)9-15(13-7-5-4-6-8-13)32-18(16)17(22(27)28)20(30-11(2)24)21(19)31-12(3)25/h4-9H,1-3H3. The van der Waals surface area contributed by atoms with Gasteiger partial charge in [0.1, 0.15) is 11.1 Å². The van der Waals surface area contributed by atoms with Crippen molar-refractivity contribution in [2.75, 3.05) is 0 Å². The number of benzene rings is 2. The van der Waals surface area contributed by atoms with E-state index in [1.54, 1.807) is 30.3 Å². The van der Waals surface area contributed by atoms with Crippen LogP contribution in [0.1, 0.15) is 20.8 Å². The van der Waals surface area contributed by atoms with Gasteiger partial charge in [0, 0.05) is 32.4 Å². The number of carbonyl (C=O) groups excluding carboxylic acids is 3. The molecule has 0 amide bonds. The predicted octanol–water partition coefficient (Wildman–Crippen LogP) is 3.14. The first-order valence-corrected chi connectivity index (χ1v) is 9.03. The Hall–Kier alpha value is -4.54. The van der Waals surface area contributed by atoms with E-state index in [-0.39, 0.29) is 5.76 Å². The van der Waals surface area contributed by atoms with Gasteiger partial charge in [0.2, 0.25) is 11.3 Å². The normalized spacial score (nSPS) is 10.5. The molecule has 0 atom stereocenters. The Morgan fingerprint density at radius 3 is 1.94 bits per heavy atom. The van der Waals surface area contributed by atoms with Crippen LogP contribution in [0.15, 0.2) is 45.6 Å². The highest BCUT2D eigenvalue weighted by Crippen LogP contribution is 2.50. The average Bonchev–Trinajstić information content (AvgIpc) is 2.69. The summed E-state index contributed by atoms with van der Waals surface area (Å²) in [6.45, 7) is 2.91. The minimum atomic E-state index is -1.00. The maximum atomic E-state index is 13.0. The minimum Gasteiger partial charge on any atom is -0.448 e. The lowest BCUT2D eigenvalue weighted by molar-refractivity contribution is -0.384. The van der Waals surface area contributed by atoms with Crippen molar-refractivity contribution in [2.24, 2.45) is 0 Å². The molecule has 0 aliphatic carbocycles. The van der Waals surface area contributed by atoms with Gasteiger partial charge in [-0.1, -0.05) is 30.3 Å². The Morgan fingerprint density at radius 2 is 1.41 bits per heavy atom. The van der Waals surface area contributed by atoms with Crippen molar-refractivity contribution in [2.45, 2.75) is 20.8 Å². The molecule has 11 heteroatoms. The van der Waals surface area contributed by atoms with Gasteiger partial charge >= 0.3 is 23.6 Å². The first-order valence-electron chi connectivity index (χ1n) is 9.03. The van der Waals surface area contributed by atoms with Gasteiger partial charge in [0.05, 0.1) is 4.92 Å².